The molecule has 1 aromatic carbocycles. The van der Waals surface area contributed by atoms with E-state index in [9.17, 15) is 5.11 Å². The van der Waals surface area contributed by atoms with Crippen molar-refractivity contribution in [2.24, 2.45) is 0 Å². The molecule has 0 amide bonds. The van der Waals surface area contributed by atoms with E-state index in [2.05, 4.69) is 5.16 Å². The largest absolute Gasteiger partial charge is 0.504 e. The lowest BCUT2D eigenvalue weighted by Gasteiger charge is -2.09. The Bertz CT molecular complexity index is 520. The van der Waals surface area contributed by atoms with Gasteiger partial charge in [0.15, 0.2) is 11.5 Å². The first-order valence-corrected chi connectivity index (χ1v) is 4.72. The van der Waals surface area contributed by atoms with Crippen LogP contribution in [0.15, 0.2) is 22.7 Å². The molecule has 0 aliphatic heterocycles. The SMILES string of the molecule is COc1ccc(C)c(-c2cc(N)on2)c1O. The molecule has 16 heavy (non-hydrogen) atoms. The molecule has 0 atom stereocenters. The van der Waals surface area contributed by atoms with Crippen LogP contribution >= 0.6 is 0 Å². The Balaban J connectivity index is 2.63. The number of nitrogens with zero attached hydrogens (tertiary/aromatic N) is 1. The number of aromatic nitrogens is 1. The zero-order valence-corrected chi connectivity index (χ0v) is 9.02. The molecular formula is C11H12N2O3. The van der Waals surface area contributed by atoms with E-state index in [0.717, 1.165) is 5.56 Å². The summed E-state index contributed by atoms with van der Waals surface area (Å²) < 4.78 is 9.81. The average Bonchev–Trinajstić information content (AvgIpc) is 2.65. The quantitative estimate of drug-likeness (QED) is 0.808. The van der Waals surface area contributed by atoms with E-state index < -0.39 is 0 Å². The average molecular weight is 220 g/mol. The fraction of sp³-hybridized carbons (Fsp3) is 0.182. The first-order valence-electron chi connectivity index (χ1n) is 4.72. The second-order valence-corrected chi connectivity index (χ2v) is 3.42. The number of rotatable bonds is 2. The van der Waals surface area contributed by atoms with Gasteiger partial charge in [-0.25, -0.2) is 0 Å². The van der Waals surface area contributed by atoms with Gasteiger partial charge >= 0.3 is 0 Å². The normalized spacial score (nSPS) is 10.4. The van der Waals surface area contributed by atoms with Crippen molar-refractivity contribution >= 4 is 5.88 Å². The minimum atomic E-state index is 0.0378. The molecule has 5 nitrogen and oxygen atoms in total. The van der Waals surface area contributed by atoms with Gasteiger partial charge < -0.3 is 20.1 Å². The number of benzene rings is 1. The number of hydrogen-bond acceptors (Lipinski definition) is 5. The van der Waals surface area contributed by atoms with Gasteiger partial charge in [-0.1, -0.05) is 11.2 Å². The fourth-order valence-corrected chi connectivity index (χ4v) is 1.57. The summed E-state index contributed by atoms with van der Waals surface area (Å²) in [6.45, 7) is 1.86. The first-order chi connectivity index (χ1) is 7.63. The fourth-order valence-electron chi connectivity index (χ4n) is 1.57. The molecule has 0 spiro atoms. The lowest BCUT2D eigenvalue weighted by molar-refractivity contribution is 0.373. The highest BCUT2D eigenvalue weighted by Crippen LogP contribution is 2.39. The third-order valence-corrected chi connectivity index (χ3v) is 2.35. The van der Waals surface area contributed by atoms with Gasteiger partial charge in [0.25, 0.3) is 0 Å². The number of nitrogen functional groups attached to an aromatic ring is 1. The number of hydrogen-bond donors (Lipinski definition) is 2. The zero-order chi connectivity index (χ0) is 11.7. The smallest absolute Gasteiger partial charge is 0.222 e. The van der Waals surface area contributed by atoms with Crippen molar-refractivity contribution in [2.45, 2.75) is 6.92 Å². The predicted molar refractivity (Wildman–Crippen MR) is 59.3 cm³/mol. The number of phenols is 1. The molecule has 0 saturated heterocycles. The minimum Gasteiger partial charge on any atom is -0.504 e. The molecule has 84 valence electrons. The van der Waals surface area contributed by atoms with Crippen LogP contribution in [-0.4, -0.2) is 17.4 Å². The number of phenolic OH excluding ortho intramolecular Hbond substituents is 1. The second-order valence-electron chi connectivity index (χ2n) is 3.42. The van der Waals surface area contributed by atoms with Crippen LogP contribution in [0.1, 0.15) is 5.56 Å². The highest BCUT2D eigenvalue weighted by atomic mass is 16.5. The van der Waals surface area contributed by atoms with E-state index >= 15 is 0 Å². The highest BCUT2D eigenvalue weighted by Gasteiger charge is 2.15. The van der Waals surface area contributed by atoms with Crippen molar-refractivity contribution in [3.05, 3.63) is 23.8 Å². The molecule has 0 saturated carbocycles. The van der Waals surface area contributed by atoms with Gasteiger partial charge in [-0.05, 0) is 18.6 Å². The number of anilines is 1. The van der Waals surface area contributed by atoms with E-state index in [4.69, 9.17) is 15.0 Å². The Morgan fingerprint density at radius 1 is 1.44 bits per heavy atom. The monoisotopic (exact) mass is 220 g/mol. The van der Waals surface area contributed by atoms with Crippen molar-refractivity contribution in [3.63, 3.8) is 0 Å². The molecule has 0 aliphatic carbocycles. The van der Waals surface area contributed by atoms with Crippen LogP contribution in [0.25, 0.3) is 11.3 Å². The molecule has 2 rings (SSSR count). The van der Waals surface area contributed by atoms with E-state index in [1.54, 1.807) is 12.1 Å². The summed E-state index contributed by atoms with van der Waals surface area (Å²) in [7, 11) is 1.49. The molecule has 0 fully saturated rings. The standard InChI is InChI=1S/C11H12N2O3/c1-6-3-4-8(15-2)11(14)10(6)7-5-9(12)16-13-7/h3-5,14H,12H2,1-2H3. The van der Waals surface area contributed by atoms with E-state index in [1.165, 1.54) is 7.11 Å². The number of nitrogens with two attached hydrogens (primary N) is 1. The van der Waals surface area contributed by atoms with Gasteiger partial charge in [-0.15, -0.1) is 0 Å². The molecule has 0 unspecified atom stereocenters. The highest BCUT2D eigenvalue weighted by molar-refractivity contribution is 5.74. The van der Waals surface area contributed by atoms with Gasteiger partial charge in [0, 0.05) is 6.07 Å². The summed E-state index contributed by atoms with van der Waals surface area (Å²) in [5.41, 5.74) is 7.37. The summed E-state index contributed by atoms with van der Waals surface area (Å²) in [4.78, 5) is 0. The molecular weight excluding hydrogens is 208 g/mol. The Kier molecular flexibility index (Phi) is 2.44. The van der Waals surface area contributed by atoms with Crippen molar-refractivity contribution < 1.29 is 14.4 Å². The second kappa shape index (κ2) is 3.77. The Labute approximate surface area is 92.4 Å². The third kappa shape index (κ3) is 1.56. The maximum absolute atomic E-state index is 9.98. The van der Waals surface area contributed by atoms with Crippen molar-refractivity contribution in [1.82, 2.24) is 5.16 Å². The van der Waals surface area contributed by atoms with E-state index in [-0.39, 0.29) is 11.6 Å². The predicted octanol–water partition coefficient (Wildman–Crippen LogP) is 1.95. The Morgan fingerprint density at radius 3 is 2.75 bits per heavy atom. The topological polar surface area (TPSA) is 81.5 Å². The maximum atomic E-state index is 9.98. The summed E-state index contributed by atoms with van der Waals surface area (Å²) in [6.07, 6.45) is 0. The van der Waals surface area contributed by atoms with E-state index in [1.807, 2.05) is 13.0 Å². The summed E-state index contributed by atoms with van der Waals surface area (Å²) >= 11 is 0. The van der Waals surface area contributed by atoms with E-state index in [0.29, 0.717) is 17.0 Å². The van der Waals surface area contributed by atoms with Crippen LogP contribution < -0.4 is 10.5 Å². The van der Waals surface area contributed by atoms with Crippen molar-refractivity contribution in [2.75, 3.05) is 12.8 Å². The molecule has 5 heteroatoms. The van der Waals surface area contributed by atoms with Crippen LogP contribution in [0.4, 0.5) is 5.88 Å². The molecule has 0 radical (unpaired) electrons. The molecule has 0 bridgehead atoms. The first kappa shape index (κ1) is 10.4. The maximum Gasteiger partial charge on any atom is 0.222 e. The van der Waals surface area contributed by atoms with Crippen molar-refractivity contribution in [1.29, 1.82) is 0 Å². The molecule has 3 N–H and O–H groups in total. The zero-order valence-electron chi connectivity index (χ0n) is 9.02. The summed E-state index contributed by atoms with van der Waals surface area (Å²) in [5.74, 6) is 0.634. The Hall–Kier alpha value is -2.17. The summed E-state index contributed by atoms with van der Waals surface area (Å²) in [5, 5.41) is 13.8. The molecule has 2 aromatic rings. The number of ether oxygens (including phenoxy) is 1. The van der Waals surface area contributed by atoms with Gasteiger partial charge in [0.1, 0.15) is 5.69 Å². The number of methoxy groups -OCH3 is 1. The van der Waals surface area contributed by atoms with Crippen LogP contribution in [0.3, 0.4) is 0 Å². The van der Waals surface area contributed by atoms with Gasteiger partial charge in [-0.2, -0.15) is 0 Å². The molecule has 1 heterocycles. The van der Waals surface area contributed by atoms with Crippen LogP contribution in [0.2, 0.25) is 0 Å². The molecule has 1 aromatic heterocycles. The molecule has 0 aliphatic rings. The van der Waals surface area contributed by atoms with Gasteiger partial charge in [-0.3, -0.25) is 0 Å². The van der Waals surface area contributed by atoms with Crippen molar-refractivity contribution in [3.8, 4) is 22.8 Å². The summed E-state index contributed by atoms with van der Waals surface area (Å²) in [6, 6.07) is 5.08. The lowest BCUT2D eigenvalue weighted by Crippen LogP contribution is -1.89. The minimum absolute atomic E-state index is 0.0378. The lowest BCUT2D eigenvalue weighted by atomic mass is 10.0. The van der Waals surface area contributed by atoms with Gasteiger partial charge in [0.2, 0.25) is 5.88 Å². The van der Waals surface area contributed by atoms with Gasteiger partial charge in [0.05, 0.1) is 12.7 Å². The Morgan fingerprint density at radius 2 is 2.19 bits per heavy atom. The van der Waals surface area contributed by atoms with Crippen LogP contribution in [0.5, 0.6) is 11.5 Å². The third-order valence-electron chi connectivity index (χ3n) is 2.35. The number of aromatic hydroxyl groups is 1. The number of aryl methyl sites for hydroxylation is 1. The van der Waals surface area contributed by atoms with Crippen LogP contribution in [-0.2, 0) is 0 Å². The van der Waals surface area contributed by atoms with Crippen LogP contribution in [0, 0.1) is 6.92 Å².